The minimum atomic E-state index is -0.728. The Balaban J connectivity index is 2.05. The predicted octanol–water partition coefficient (Wildman–Crippen LogP) is 3.57. The van der Waals surface area contributed by atoms with Gasteiger partial charge < -0.3 is 9.84 Å². The fourth-order valence-electron chi connectivity index (χ4n) is 3.26. The van der Waals surface area contributed by atoms with Gasteiger partial charge in [-0.3, -0.25) is 9.59 Å². The van der Waals surface area contributed by atoms with E-state index in [9.17, 15) is 14.7 Å². The molecule has 0 aromatic heterocycles. The van der Waals surface area contributed by atoms with Crippen LogP contribution in [0.15, 0.2) is 24.3 Å². The quantitative estimate of drug-likeness (QED) is 0.782. The number of carbonyl (C=O) groups is 2. The highest BCUT2D eigenvalue weighted by Gasteiger charge is 2.25. The van der Waals surface area contributed by atoms with Crippen LogP contribution >= 0.6 is 0 Å². The third-order valence-electron chi connectivity index (χ3n) is 4.46. The van der Waals surface area contributed by atoms with Gasteiger partial charge in [0.1, 0.15) is 6.61 Å². The van der Waals surface area contributed by atoms with Crippen molar-refractivity contribution in [1.82, 2.24) is 0 Å². The maximum atomic E-state index is 11.6. The summed E-state index contributed by atoms with van der Waals surface area (Å²) in [6.45, 7) is 1.59. The molecule has 120 valence electrons. The van der Waals surface area contributed by atoms with Crippen LogP contribution in [0.2, 0.25) is 0 Å². The lowest BCUT2D eigenvalue weighted by Crippen LogP contribution is -2.20. The predicted molar refractivity (Wildman–Crippen MR) is 83.3 cm³/mol. The van der Waals surface area contributed by atoms with E-state index in [1.807, 2.05) is 24.3 Å². The van der Waals surface area contributed by atoms with Crippen LogP contribution in [-0.4, -0.2) is 17.0 Å². The van der Waals surface area contributed by atoms with E-state index in [-0.39, 0.29) is 18.5 Å². The molecule has 4 heteroatoms. The summed E-state index contributed by atoms with van der Waals surface area (Å²) in [7, 11) is 0. The normalized spacial score (nSPS) is 16.4. The number of esters is 1. The van der Waals surface area contributed by atoms with Crippen molar-refractivity contribution in [3.8, 4) is 0 Å². The largest absolute Gasteiger partial charge is 0.481 e. The summed E-state index contributed by atoms with van der Waals surface area (Å²) in [5.74, 6) is -0.868. The van der Waals surface area contributed by atoms with Crippen molar-refractivity contribution in [3.63, 3.8) is 0 Å². The number of carbonyl (C=O) groups excluding carboxylic acids is 1. The van der Waals surface area contributed by atoms with Crippen LogP contribution in [0.5, 0.6) is 0 Å². The minimum Gasteiger partial charge on any atom is -0.481 e. The number of carboxylic acid groups (broad SMARTS) is 1. The molecule has 1 N–H and O–H groups in total. The second-order valence-corrected chi connectivity index (χ2v) is 6.17. The molecule has 0 spiro atoms. The van der Waals surface area contributed by atoms with E-state index in [0.717, 1.165) is 30.4 Å². The van der Waals surface area contributed by atoms with Gasteiger partial charge in [-0.1, -0.05) is 49.9 Å². The van der Waals surface area contributed by atoms with Crippen LogP contribution in [0, 0.1) is 11.8 Å². The topological polar surface area (TPSA) is 63.6 Å². The molecule has 0 heterocycles. The summed E-state index contributed by atoms with van der Waals surface area (Å²) in [4.78, 5) is 22.6. The molecule has 22 heavy (non-hydrogen) atoms. The lowest BCUT2D eigenvalue weighted by molar-refractivity contribution is -0.143. The molecular formula is C18H24O4. The van der Waals surface area contributed by atoms with Crippen molar-refractivity contribution < 1.29 is 19.4 Å². The van der Waals surface area contributed by atoms with Gasteiger partial charge in [-0.25, -0.2) is 0 Å². The molecule has 1 saturated carbocycles. The Morgan fingerprint density at radius 2 is 1.86 bits per heavy atom. The molecule has 1 aromatic rings. The highest BCUT2D eigenvalue weighted by molar-refractivity contribution is 5.70. The molecule has 1 unspecified atom stereocenters. The monoisotopic (exact) mass is 304 g/mol. The number of benzene rings is 1. The Morgan fingerprint density at radius 3 is 2.45 bits per heavy atom. The number of carboxylic acids is 1. The number of hydrogen-bond donors (Lipinski definition) is 1. The van der Waals surface area contributed by atoms with Gasteiger partial charge in [0.05, 0.1) is 5.92 Å². The Morgan fingerprint density at radius 1 is 1.23 bits per heavy atom. The van der Waals surface area contributed by atoms with Gasteiger partial charge in [-0.2, -0.15) is 0 Å². The highest BCUT2D eigenvalue weighted by Crippen LogP contribution is 2.32. The van der Waals surface area contributed by atoms with Crippen LogP contribution in [0.25, 0.3) is 0 Å². The molecule has 2 rings (SSSR count). The zero-order valence-electron chi connectivity index (χ0n) is 13.1. The van der Waals surface area contributed by atoms with Crippen LogP contribution in [-0.2, 0) is 27.4 Å². The molecule has 0 radical (unpaired) electrons. The highest BCUT2D eigenvalue weighted by atomic mass is 16.5. The number of hydrogen-bond acceptors (Lipinski definition) is 3. The van der Waals surface area contributed by atoms with Crippen LogP contribution < -0.4 is 0 Å². The molecule has 1 aromatic carbocycles. The maximum Gasteiger partial charge on any atom is 0.306 e. The fraction of sp³-hybridized carbons (Fsp3) is 0.556. The SMILES string of the molecule is CC(=O)OCc1ccccc1CC(CC1CCCC1)C(=O)O. The molecule has 0 saturated heterocycles. The van der Waals surface area contributed by atoms with E-state index >= 15 is 0 Å². The average Bonchev–Trinajstić information content (AvgIpc) is 2.98. The van der Waals surface area contributed by atoms with Gasteiger partial charge in [0.25, 0.3) is 0 Å². The fourth-order valence-corrected chi connectivity index (χ4v) is 3.26. The molecule has 0 bridgehead atoms. The second kappa shape index (κ2) is 7.97. The van der Waals surface area contributed by atoms with E-state index in [4.69, 9.17) is 4.74 Å². The maximum absolute atomic E-state index is 11.6. The van der Waals surface area contributed by atoms with E-state index in [2.05, 4.69) is 0 Å². The first-order valence-electron chi connectivity index (χ1n) is 7.99. The van der Waals surface area contributed by atoms with Gasteiger partial charge in [-0.05, 0) is 29.9 Å². The molecule has 0 amide bonds. The van der Waals surface area contributed by atoms with E-state index in [0.29, 0.717) is 12.3 Å². The van der Waals surface area contributed by atoms with Gasteiger partial charge in [0, 0.05) is 6.92 Å². The summed E-state index contributed by atoms with van der Waals surface area (Å²) in [5.41, 5.74) is 1.87. The summed E-state index contributed by atoms with van der Waals surface area (Å²) in [6.07, 6.45) is 6.00. The summed E-state index contributed by atoms with van der Waals surface area (Å²) in [5, 5.41) is 9.52. The van der Waals surface area contributed by atoms with Crippen LogP contribution in [0.1, 0.15) is 50.2 Å². The van der Waals surface area contributed by atoms with Gasteiger partial charge in [0.15, 0.2) is 0 Å². The van der Waals surface area contributed by atoms with Crippen molar-refractivity contribution in [2.45, 2.75) is 52.1 Å². The minimum absolute atomic E-state index is 0.210. The van der Waals surface area contributed by atoms with Crippen LogP contribution in [0.4, 0.5) is 0 Å². The second-order valence-electron chi connectivity index (χ2n) is 6.17. The van der Waals surface area contributed by atoms with Gasteiger partial charge in [0.2, 0.25) is 0 Å². The molecule has 0 aliphatic heterocycles. The first kappa shape index (κ1) is 16.5. The Labute approximate surface area is 131 Å². The molecule has 1 aliphatic carbocycles. The number of ether oxygens (including phenoxy) is 1. The summed E-state index contributed by atoms with van der Waals surface area (Å²) in [6, 6.07) is 7.62. The first-order valence-corrected chi connectivity index (χ1v) is 7.99. The number of rotatable bonds is 7. The van der Waals surface area contributed by atoms with Crippen molar-refractivity contribution in [1.29, 1.82) is 0 Å². The smallest absolute Gasteiger partial charge is 0.306 e. The first-order chi connectivity index (χ1) is 10.6. The Kier molecular flexibility index (Phi) is 5.99. The van der Waals surface area contributed by atoms with E-state index < -0.39 is 5.97 Å². The molecule has 1 atom stereocenters. The Hall–Kier alpha value is -1.84. The Bertz CT molecular complexity index is 518. The van der Waals surface area contributed by atoms with Crippen molar-refractivity contribution in [2.75, 3.05) is 0 Å². The molecule has 1 fully saturated rings. The van der Waals surface area contributed by atoms with Gasteiger partial charge in [-0.15, -0.1) is 0 Å². The standard InChI is InChI=1S/C18H24O4/c1-13(19)22-12-16-9-5-4-8-15(16)11-17(18(20)21)10-14-6-2-3-7-14/h4-5,8-9,14,17H,2-3,6-7,10-12H2,1H3,(H,20,21). The third-order valence-corrected chi connectivity index (χ3v) is 4.46. The van der Waals surface area contributed by atoms with Crippen molar-refractivity contribution >= 4 is 11.9 Å². The third kappa shape index (κ3) is 4.86. The number of aliphatic carboxylic acids is 1. The van der Waals surface area contributed by atoms with Crippen molar-refractivity contribution in [2.24, 2.45) is 11.8 Å². The lowest BCUT2D eigenvalue weighted by atomic mass is 9.87. The molecule has 4 nitrogen and oxygen atoms in total. The average molecular weight is 304 g/mol. The summed E-state index contributed by atoms with van der Waals surface area (Å²) < 4.78 is 5.06. The van der Waals surface area contributed by atoms with E-state index in [1.165, 1.54) is 19.8 Å². The molecular weight excluding hydrogens is 280 g/mol. The van der Waals surface area contributed by atoms with Gasteiger partial charge >= 0.3 is 11.9 Å². The molecule has 1 aliphatic rings. The summed E-state index contributed by atoms with van der Waals surface area (Å²) >= 11 is 0. The lowest BCUT2D eigenvalue weighted by Gasteiger charge is -2.18. The van der Waals surface area contributed by atoms with E-state index in [1.54, 1.807) is 0 Å². The van der Waals surface area contributed by atoms with Crippen LogP contribution in [0.3, 0.4) is 0 Å². The zero-order valence-corrected chi connectivity index (χ0v) is 13.1. The zero-order chi connectivity index (χ0) is 15.9. The van der Waals surface area contributed by atoms with Crippen molar-refractivity contribution in [3.05, 3.63) is 35.4 Å².